The summed E-state index contributed by atoms with van der Waals surface area (Å²) in [6, 6.07) is 12.9. The zero-order valence-corrected chi connectivity index (χ0v) is 15.4. The zero-order valence-electron chi connectivity index (χ0n) is 15.4. The van der Waals surface area contributed by atoms with Crippen LogP contribution in [0.2, 0.25) is 0 Å². The molecule has 0 spiro atoms. The second kappa shape index (κ2) is 6.83. The highest BCUT2D eigenvalue weighted by molar-refractivity contribution is 5.88. The van der Waals surface area contributed by atoms with Crippen molar-refractivity contribution in [3.05, 3.63) is 65.5 Å². The number of nitrogens with zero attached hydrogens (tertiary/aromatic N) is 2. The Balaban J connectivity index is 1.97. The fourth-order valence-corrected chi connectivity index (χ4v) is 3.51. The Kier molecular flexibility index (Phi) is 4.76. The lowest BCUT2D eigenvalue weighted by atomic mass is 9.88. The van der Waals surface area contributed by atoms with Gasteiger partial charge in [0.2, 0.25) is 0 Å². The summed E-state index contributed by atoms with van der Waals surface area (Å²) < 4.78 is 13.7. The third-order valence-electron chi connectivity index (χ3n) is 4.65. The number of hydrogen-bond acceptors (Lipinski definition) is 2. The molecule has 0 aromatic heterocycles. The van der Waals surface area contributed by atoms with Gasteiger partial charge >= 0.3 is 0 Å². The molecular formula is C22H25FN2. The number of benzene rings is 2. The molecule has 0 unspecified atom stereocenters. The molecular weight excluding hydrogens is 311 g/mol. The van der Waals surface area contributed by atoms with Crippen molar-refractivity contribution in [2.24, 2.45) is 4.99 Å². The highest BCUT2D eigenvalue weighted by atomic mass is 19.1. The monoisotopic (exact) mass is 336 g/mol. The lowest BCUT2D eigenvalue weighted by Gasteiger charge is -2.43. The van der Waals surface area contributed by atoms with Crippen LogP contribution in [0.1, 0.15) is 45.2 Å². The van der Waals surface area contributed by atoms with Crippen molar-refractivity contribution in [2.75, 3.05) is 11.4 Å². The molecule has 0 fully saturated rings. The van der Waals surface area contributed by atoms with Gasteiger partial charge in [-0.3, -0.25) is 4.99 Å². The predicted octanol–water partition coefficient (Wildman–Crippen LogP) is 5.99. The summed E-state index contributed by atoms with van der Waals surface area (Å²) in [5.74, 6) is -0.302. The molecule has 2 aromatic carbocycles. The van der Waals surface area contributed by atoms with Gasteiger partial charge in [-0.25, -0.2) is 4.39 Å². The van der Waals surface area contributed by atoms with Gasteiger partial charge in [-0.05, 0) is 62.6 Å². The van der Waals surface area contributed by atoms with Crippen molar-refractivity contribution in [1.82, 2.24) is 0 Å². The number of para-hydroxylation sites is 1. The van der Waals surface area contributed by atoms with Gasteiger partial charge in [0.05, 0.1) is 11.2 Å². The van der Waals surface area contributed by atoms with E-state index >= 15 is 0 Å². The maximum atomic E-state index is 13.7. The van der Waals surface area contributed by atoms with Crippen molar-refractivity contribution in [3.8, 4) is 0 Å². The molecule has 0 radical (unpaired) electrons. The second-order valence-corrected chi connectivity index (χ2v) is 7.12. The van der Waals surface area contributed by atoms with Gasteiger partial charge in [0, 0.05) is 24.0 Å². The third kappa shape index (κ3) is 3.51. The Hall–Kier alpha value is -2.42. The van der Waals surface area contributed by atoms with Crippen molar-refractivity contribution in [1.29, 1.82) is 0 Å². The van der Waals surface area contributed by atoms with Crippen molar-refractivity contribution < 1.29 is 4.39 Å². The molecule has 130 valence electrons. The fraction of sp³-hybridized carbons (Fsp3) is 0.318. The highest BCUT2D eigenvalue weighted by Gasteiger charge is 2.30. The minimum Gasteiger partial charge on any atom is -0.362 e. The summed E-state index contributed by atoms with van der Waals surface area (Å²) in [6.07, 6.45) is 5.16. The molecule has 2 nitrogen and oxygen atoms in total. The number of fused-ring (bicyclic) bond motifs is 1. The molecule has 3 rings (SSSR count). The average Bonchev–Trinajstić information content (AvgIpc) is 2.57. The maximum absolute atomic E-state index is 13.7. The van der Waals surface area contributed by atoms with E-state index in [1.54, 1.807) is 24.4 Å². The standard InChI is InChI=1S/C22H25FN2/c1-5-12-25-21-11-10-17(13-18(21)16(2)14-22(25,3)4)15-24-20-9-7-6-8-19(20)23/h6-11,13-15H,5,12H2,1-4H3. The zero-order chi connectivity index (χ0) is 18.0. The van der Waals surface area contributed by atoms with Crippen LogP contribution < -0.4 is 4.90 Å². The van der Waals surface area contributed by atoms with Crippen molar-refractivity contribution in [2.45, 2.75) is 39.7 Å². The summed E-state index contributed by atoms with van der Waals surface area (Å²) in [4.78, 5) is 6.75. The quantitative estimate of drug-likeness (QED) is 0.626. The normalized spacial score (nSPS) is 16.0. The van der Waals surface area contributed by atoms with E-state index in [-0.39, 0.29) is 11.4 Å². The molecule has 2 aromatic rings. The van der Waals surface area contributed by atoms with Crippen molar-refractivity contribution >= 4 is 23.2 Å². The summed E-state index contributed by atoms with van der Waals surface area (Å²) in [7, 11) is 0. The van der Waals surface area contributed by atoms with Crippen LogP contribution in [-0.2, 0) is 0 Å². The summed E-state index contributed by atoms with van der Waals surface area (Å²) in [5, 5.41) is 0. The number of hydrogen-bond donors (Lipinski definition) is 0. The number of rotatable bonds is 4. The van der Waals surface area contributed by atoms with Gasteiger partial charge in [0.15, 0.2) is 0 Å². The van der Waals surface area contributed by atoms with Crippen LogP contribution in [0.25, 0.3) is 5.57 Å². The lowest BCUT2D eigenvalue weighted by Crippen LogP contribution is -2.45. The van der Waals surface area contributed by atoms with Gasteiger partial charge in [0.1, 0.15) is 5.82 Å². The van der Waals surface area contributed by atoms with Gasteiger partial charge < -0.3 is 4.90 Å². The highest BCUT2D eigenvalue weighted by Crippen LogP contribution is 2.39. The van der Waals surface area contributed by atoms with Gasteiger partial charge in [-0.15, -0.1) is 0 Å². The predicted molar refractivity (Wildman–Crippen MR) is 105 cm³/mol. The van der Waals surface area contributed by atoms with E-state index in [1.165, 1.54) is 22.9 Å². The molecule has 1 heterocycles. The minimum atomic E-state index is -0.302. The summed E-state index contributed by atoms with van der Waals surface area (Å²) in [6.45, 7) is 9.88. The van der Waals surface area contributed by atoms with Gasteiger partial charge in [0.25, 0.3) is 0 Å². The first-order chi connectivity index (χ1) is 11.9. The van der Waals surface area contributed by atoms with Crippen LogP contribution in [0.3, 0.4) is 0 Å². The number of anilines is 1. The SMILES string of the molecule is CCCN1c2ccc(C=Nc3ccccc3F)cc2C(C)=CC1(C)C. The molecule has 0 saturated heterocycles. The van der Waals surface area contributed by atoms with Gasteiger partial charge in [-0.2, -0.15) is 0 Å². The van der Waals surface area contributed by atoms with E-state index < -0.39 is 0 Å². The Morgan fingerprint density at radius 3 is 2.64 bits per heavy atom. The first-order valence-electron chi connectivity index (χ1n) is 8.82. The van der Waals surface area contributed by atoms with E-state index in [0.717, 1.165) is 18.5 Å². The third-order valence-corrected chi connectivity index (χ3v) is 4.65. The van der Waals surface area contributed by atoms with Crippen LogP contribution in [0, 0.1) is 5.82 Å². The largest absolute Gasteiger partial charge is 0.362 e. The van der Waals surface area contributed by atoms with Crippen molar-refractivity contribution in [3.63, 3.8) is 0 Å². The van der Waals surface area contributed by atoms with Gasteiger partial charge in [-0.1, -0.05) is 31.2 Å². The molecule has 1 aliphatic rings. The second-order valence-electron chi connectivity index (χ2n) is 7.12. The molecule has 0 amide bonds. The number of aliphatic imine (C=N–C) groups is 1. The Labute approximate surface area is 149 Å². The first kappa shape index (κ1) is 17.4. The Morgan fingerprint density at radius 1 is 1.16 bits per heavy atom. The first-order valence-corrected chi connectivity index (χ1v) is 8.82. The van der Waals surface area contributed by atoms with Crippen LogP contribution in [-0.4, -0.2) is 18.3 Å². The molecule has 0 N–H and O–H groups in total. The van der Waals surface area contributed by atoms with Crippen LogP contribution in [0.5, 0.6) is 0 Å². The van der Waals surface area contributed by atoms with Crippen LogP contribution >= 0.6 is 0 Å². The molecule has 25 heavy (non-hydrogen) atoms. The van der Waals surface area contributed by atoms with Crippen LogP contribution in [0.15, 0.2) is 53.5 Å². The number of allylic oxidation sites excluding steroid dienone is 1. The topological polar surface area (TPSA) is 15.6 Å². The minimum absolute atomic E-state index is 0.00979. The molecule has 1 aliphatic heterocycles. The van der Waals surface area contributed by atoms with E-state index in [1.807, 2.05) is 0 Å². The summed E-state index contributed by atoms with van der Waals surface area (Å²) in [5.41, 5.74) is 5.11. The lowest BCUT2D eigenvalue weighted by molar-refractivity contribution is 0.550. The fourth-order valence-electron chi connectivity index (χ4n) is 3.51. The average molecular weight is 336 g/mol. The van der Waals surface area contributed by atoms with Crippen LogP contribution in [0.4, 0.5) is 15.8 Å². The Bertz CT molecular complexity index is 834. The van der Waals surface area contributed by atoms with E-state index in [0.29, 0.717) is 5.69 Å². The molecule has 0 saturated carbocycles. The Morgan fingerprint density at radius 2 is 1.92 bits per heavy atom. The summed E-state index contributed by atoms with van der Waals surface area (Å²) >= 11 is 0. The molecule has 0 bridgehead atoms. The number of halogens is 1. The maximum Gasteiger partial charge on any atom is 0.148 e. The molecule has 0 atom stereocenters. The van der Waals surface area contributed by atoms with E-state index in [9.17, 15) is 4.39 Å². The molecule has 0 aliphatic carbocycles. The van der Waals surface area contributed by atoms with E-state index in [4.69, 9.17) is 0 Å². The smallest absolute Gasteiger partial charge is 0.148 e. The molecule has 3 heteroatoms. The van der Waals surface area contributed by atoms with E-state index in [2.05, 4.69) is 61.9 Å².